The zero-order chi connectivity index (χ0) is 22.9. The van der Waals surface area contributed by atoms with Gasteiger partial charge in [0.05, 0.1) is 5.56 Å². The van der Waals surface area contributed by atoms with Crippen LogP contribution in [0, 0.1) is 13.8 Å². The van der Waals surface area contributed by atoms with Crippen LogP contribution in [0.1, 0.15) is 47.7 Å². The van der Waals surface area contributed by atoms with Gasteiger partial charge < -0.3 is 25.6 Å². The van der Waals surface area contributed by atoms with E-state index in [0.717, 1.165) is 54.9 Å². The monoisotopic (exact) mass is 438 g/mol. The highest BCUT2D eigenvalue weighted by molar-refractivity contribution is 6.04. The van der Waals surface area contributed by atoms with Crippen molar-refractivity contribution in [2.45, 2.75) is 40.0 Å². The fourth-order valence-electron chi connectivity index (χ4n) is 3.93. The molecule has 3 amide bonds. The Morgan fingerprint density at radius 3 is 2.44 bits per heavy atom. The second kappa shape index (κ2) is 11.5. The van der Waals surface area contributed by atoms with Crippen molar-refractivity contribution in [1.82, 2.24) is 5.32 Å². The normalized spacial score (nSPS) is 13.2. The summed E-state index contributed by atoms with van der Waals surface area (Å²) in [6, 6.07) is 11.1. The van der Waals surface area contributed by atoms with Gasteiger partial charge in [-0.05, 0) is 69.4 Å². The summed E-state index contributed by atoms with van der Waals surface area (Å²) in [6.07, 6.45) is 3.00. The molecule has 3 rings (SSSR count). The van der Waals surface area contributed by atoms with Crippen molar-refractivity contribution < 1.29 is 14.3 Å². The number of nitrogens with one attached hydrogen (secondary N) is 3. The number of urea groups is 1. The Balaban J connectivity index is 1.73. The van der Waals surface area contributed by atoms with E-state index >= 15 is 0 Å². The number of aryl methyl sites for hydroxylation is 2. The number of carbonyl (C=O) groups excluding carboxylic acids is 2. The minimum absolute atomic E-state index is 0.137. The van der Waals surface area contributed by atoms with Crippen LogP contribution in [0.15, 0.2) is 36.4 Å². The summed E-state index contributed by atoms with van der Waals surface area (Å²) in [5, 5.41) is 8.78. The maximum absolute atomic E-state index is 13.0. The molecule has 2 aromatic rings. The zero-order valence-corrected chi connectivity index (χ0v) is 19.3. The first kappa shape index (κ1) is 23.6. The second-order valence-electron chi connectivity index (χ2n) is 8.08. The van der Waals surface area contributed by atoms with Crippen LogP contribution in [0.4, 0.5) is 21.9 Å². The molecule has 0 aliphatic carbocycles. The van der Waals surface area contributed by atoms with Gasteiger partial charge in [0, 0.05) is 49.9 Å². The predicted molar refractivity (Wildman–Crippen MR) is 130 cm³/mol. The lowest BCUT2D eigenvalue weighted by atomic mass is 10.1. The quantitative estimate of drug-likeness (QED) is 0.496. The van der Waals surface area contributed by atoms with E-state index in [1.165, 1.54) is 0 Å². The second-order valence-corrected chi connectivity index (χ2v) is 8.08. The molecule has 3 N–H and O–H groups in total. The summed E-state index contributed by atoms with van der Waals surface area (Å²) >= 11 is 0. The largest absolute Gasteiger partial charge is 0.382 e. The number of hydrogen-bond donors (Lipinski definition) is 3. The van der Waals surface area contributed by atoms with Crippen molar-refractivity contribution in [2.24, 2.45) is 0 Å². The number of ether oxygens (including phenoxy) is 1. The molecule has 0 aromatic heterocycles. The Bertz CT molecular complexity index is 919. The third kappa shape index (κ3) is 6.23. The Kier molecular flexibility index (Phi) is 8.50. The molecule has 0 saturated carbocycles. The molecule has 7 nitrogen and oxygen atoms in total. The van der Waals surface area contributed by atoms with Crippen LogP contribution in [0.5, 0.6) is 0 Å². The molecule has 1 aliphatic heterocycles. The average molecular weight is 439 g/mol. The maximum atomic E-state index is 13.0. The number of para-hydroxylation sites is 1. The van der Waals surface area contributed by atoms with Crippen LogP contribution in [-0.2, 0) is 4.74 Å². The van der Waals surface area contributed by atoms with Gasteiger partial charge in [0.2, 0.25) is 0 Å². The third-order valence-electron chi connectivity index (χ3n) is 5.62. The van der Waals surface area contributed by atoms with Gasteiger partial charge in [-0.15, -0.1) is 0 Å². The Labute approximate surface area is 190 Å². The van der Waals surface area contributed by atoms with Crippen molar-refractivity contribution in [3.63, 3.8) is 0 Å². The van der Waals surface area contributed by atoms with Gasteiger partial charge in [-0.2, -0.15) is 0 Å². The molecule has 0 atom stereocenters. The molecule has 1 saturated heterocycles. The molecule has 2 aromatic carbocycles. The number of anilines is 3. The summed E-state index contributed by atoms with van der Waals surface area (Å²) < 4.78 is 5.34. The van der Waals surface area contributed by atoms with Gasteiger partial charge in [0.25, 0.3) is 5.91 Å². The molecule has 1 heterocycles. The van der Waals surface area contributed by atoms with Gasteiger partial charge in [0.15, 0.2) is 0 Å². The highest BCUT2D eigenvalue weighted by Gasteiger charge is 2.20. The van der Waals surface area contributed by atoms with Gasteiger partial charge in [-0.25, -0.2) is 4.79 Å². The first-order valence-electron chi connectivity index (χ1n) is 11.4. The van der Waals surface area contributed by atoms with Crippen LogP contribution in [0.25, 0.3) is 0 Å². The van der Waals surface area contributed by atoms with Crippen molar-refractivity contribution in [3.8, 4) is 0 Å². The number of hydrogen-bond acceptors (Lipinski definition) is 4. The number of rotatable bonds is 9. The molecule has 1 aliphatic rings. The summed E-state index contributed by atoms with van der Waals surface area (Å²) in [5.41, 5.74) is 4.86. The van der Waals surface area contributed by atoms with E-state index in [0.29, 0.717) is 31.0 Å². The minimum atomic E-state index is -0.334. The minimum Gasteiger partial charge on any atom is -0.382 e. The first-order chi connectivity index (χ1) is 15.5. The van der Waals surface area contributed by atoms with E-state index in [2.05, 4.69) is 20.9 Å². The number of amides is 3. The van der Waals surface area contributed by atoms with Crippen molar-refractivity contribution in [1.29, 1.82) is 0 Å². The van der Waals surface area contributed by atoms with Crippen LogP contribution < -0.4 is 20.9 Å². The van der Waals surface area contributed by atoms with E-state index in [1.54, 1.807) is 6.07 Å². The highest BCUT2D eigenvalue weighted by atomic mass is 16.5. The maximum Gasteiger partial charge on any atom is 0.323 e. The standard InChI is InChI=1S/C25H34N4O3/c1-4-32-16-8-13-26-24(30)21-17-20(11-12-22(21)29-14-5-6-15-29)27-25(31)28-23-18(2)9-7-10-19(23)3/h7,9-12,17H,4-6,8,13-16H2,1-3H3,(H,26,30)(H2,27,28,31). The lowest BCUT2D eigenvalue weighted by molar-refractivity contribution is 0.0944. The number of nitrogens with zero attached hydrogens (tertiary/aromatic N) is 1. The van der Waals surface area contributed by atoms with Crippen LogP contribution >= 0.6 is 0 Å². The fraction of sp³-hybridized carbons (Fsp3) is 0.440. The molecular formula is C25H34N4O3. The van der Waals surface area contributed by atoms with E-state index < -0.39 is 0 Å². The van der Waals surface area contributed by atoms with Gasteiger partial charge in [-0.1, -0.05) is 18.2 Å². The lowest BCUT2D eigenvalue weighted by Gasteiger charge is -2.22. The molecule has 7 heteroatoms. The van der Waals surface area contributed by atoms with E-state index in [-0.39, 0.29) is 11.9 Å². The molecule has 0 unspecified atom stereocenters. The zero-order valence-electron chi connectivity index (χ0n) is 19.3. The van der Waals surface area contributed by atoms with Gasteiger partial charge in [0.1, 0.15) is 0 Å². The van der Waals surface area contributed by atoms with Crippen LogP contribution in [-0.4, -0.2) is 44.8 Å². The van der Waals surface area contributed by atoms with Crippen molar-refractivity contribution in [2.75, 3.05) is 48.4 Å². The number of benzene rings is 2. The summed E-state index contributed by atoms with van der Waals surface area (Å²) in [5.74, 6) is -0.137. The topological polar surface area (TPSA) is 82.7 Å². The Hall–Kier alpha value is -3.06. The molecule has 32 heavy (non-hydrogen) atoms. The van der Waals surface area contributed by atoms with Crippen LogP contribution in [0.2, 0.25) is 0 Å². The summed E-state index contributed by atoms with van der Waals surface area (Å²) in [7, 11) is 0. The molecular weight excluding hydrogens is 404 g/mol. The molecule has 0 bridgehead atoms. The van der Waals surface area contributed by atoms with Gasteiger partial charge >= 0.3 is 6.03 Å². The smallest absolute Gasteiger partial charge is 0.323 e. The van der Waals surface area contributed by atoms with Crippen molar-refractivity contribution >= 4 is 29.0 Å². The van der Waals surface area contributed by atoms with E-state index in [4.69, 9.17) is 4.74 Å². The molecule has 0 spiro atoms. The van der Waals surface area contributed by atoms with E-state index in [9.17, 15) is 9.59 Å². The Morgan fingerprint density at radius 2 is 1.75 bits per heavy atom. The van der Waals surface area contributed by atoms with Crippen molar-refractivity contribution in [3.05, 3.63) is 53.1 Å². The highest BCUT2D eigenvalue weighted by Crippen LogP contribution is 2.28. The van der Waals surface area contributed by atoms with Gasteiger partial charge in [-0.3, -0.25) is 4.79 Å². The molecule has 1 fully saturated rings. The third-order valence-corrected chi connectivity index (χ3v) is 5.62. The lowest BCUT2D eigenvalue weighted by Crippen LogP contribution is -2.29. The molecule has 172 valence electrons. The number of carbonyl (C=O) groups is 2. The fourth-order valence-corrected chi connectivity index (χ4v) is 3.93. The van der Waals surface area contributed by atoms with Crippen LogP contribution in [0.3, 0.4) is 0 Å². The molecule has 0 radical (unpaired) electrons. The predicted octanol–water partition coefficient (Wildman–Crippen LogP) is 4.70. The first-order valence-corrected chi connectivity index (χ1v) is 11.4. The summed E-state index contributed by atoms with van der Waals surface area (Å²) in [6.45, 7) is 9.58. The summed E-state index contributed by atoms with van der Waals surface area (Å²) in [4.78, 5) is 27.8. The SMILES string of the molecule is CCOCCCNC(=O)c1cc(NC(=O)Nc2c(C)cccc2C)ccc1N1CCCC1. The average Bonchev–Trinajstić information content (AvgIpc) is 3.31. The van der Waals surface area contributed by atoms with E-state index in [1.807, 2.05) is 51.1 Å². The Morgan fingerprint density at radius 1 is 1.03 bits per heavy atom.